The number of aromatic nitrogens is 4. The Hall–Kier alpha value is -2.48. The molecule has 8 heteroatoms. The van der Waals surface area contributed by atoms with Crippen LogP contribution >= 0.6 is 0 Å². The minimum absolute atomic E-state index is 0.0227. The van der Waals surface area contributed by atoms with E-state index in [0.29, 0.717) is 17.9 Å². The number of pyridine rings is 1. The van der Waals surface area contributed by atoms with Gasteiger partial charge in [0, 0.05) is 30.7 Å². The summed E-state index contributed by atoms with van der Waals surface area (Å²) in [5.74, 6) is -0.0991. The molecule has 3 aromatic rings. The number of nitrogens with zero attached hydrogens (tertiary/aromatic N) is 5. The Labute approximate surface area is 161 Å². The molecule has 4 heterocycles. The zero-order chi connectivity index (χ0) is 19.9. The average molecular weight is 389 g/mol. The molecule has 1 aliphatic rings. The molecule has 0 radical (unpaired) electrons. The van der Waals surface area contributed by atoms with Crippen molar-refractivity contribution in [2.75, 3.05) is 6.54 Å². The van der Waals surface area contributed by atoms with Gasteiger partial charge in [0.1, 0.15) is 5.69 Å². The predicted octanol–water partition coefficient (Wildman–Crippen LogP) is 4.60. The lowest BCUT2D eigenvalue weighted by atomic mass is 10.1. The fourth-order valence-electron chi connectivity index (χ4n) is 3.75. The Morgan fingerprint density at radius 3 is 2.75 bits per heavy atom. The molecular weight excluding hydrogens is 367 g/mol. The van der Waals surface area contributed by atoms with Crippen LogP contribution in [-0.2, 0) is 12.7 Å². The SMILES string of the molecule is CC(C)c1cc(C(F)(F)F)n2nc([C@@H]3CCCN3Cc3cccnc3)cc2n1. The predicted molar refractivity (Wildman–Crippen MR) is 98.7 cm³/mol. The molecule has 5 nitrogen and oxygen atoms in total. The summed E-state index contributed by atoms with van der Waals surface area (Å²) in [6, 6.07) is 6.68. The minimum atomic E-state index is -4.49. The molecule has 148 valence electrons. The van der Waals surface area contributed by atoms with Crippen LogP contribution in [0.15, 0.2) is 36.7 Å². The lowest BCUT2D eigenvalue weighted by molar-refractivity contribution is -0.142. The van der Waals surface area contributed by atoms with E-state index in [1.165, 1.54) is 0 Å². The minimum Gasteiger partial charge on any atom is -0.290 e. The topological polar surface area (TPSA) is 46.3 Å². The van der Waals surface area contributed by atoms with E-state index in [0.717, 1.165) is 35.5 Å². The third-order valence-electron chi connectivity index (χ3n) is 5.16. The Bertz CT molecular complexity index is 965. The number of rotatable bonds is 4. The molecule has 0 amide bonds. The molecule has 28 heavy (non-hydrogen) atoms. The molecule has 1 atom stereocenters. The Kier molecular flexibility index (Phi) is 4.82. The van der Waals surface area contributed by atoms with Crippen LogP contribution in [0.2, 0.25) is 0 Å². The van der Waals surface area contributed by atoms with Crippen LogP contribution in [0.25, 0.3) is 5.65 Å². The van der Waals surface area contributed by atoms with Gasteiger partial charge in [0.2, 0.25) is 0 Å². The van der Waals surface area contributed by atoms with E-state index in [4.69, 9.17) is 0 Å². The molecule has 1 fully saturated rings. The second kappa shape index (κ2) is 7.16. The molecule has 0 aromatic carbocycles. The van der Waals surface area contributed by atoms with Crippen LogP contribution in [0.5, 0.6) is 0 Å². The van der Waals surface area contributed by atoms with E-state index in [1.54, 1.807) is 12.3 Å². The van der Waals surface area contributed by atoms with Crippen molar-refractivity contribution >= 4 is 5.65 Å². The quantitative estimate of drug-likeness (QED) is 0.654. The van der Waals surface area contributed by atoms with Crippen LogP contribution < -0.4 is 0 Å². The lowest BCUT2D eigenvalue weighted by Crippen LogP contribution is -2.23. The summed E-state index contributed by atoms with van der Waals surface area (Å²) in [5, 5.41) is 4.33. The summed E-state index contributed by atoms with van der Waals surface area (Å²) in [7, 11) is 0. The highest BCUT2D eigenvalue weighted by Gasteiger charge is 2.36. The normalized spacial score (nSPS) is 18.4. The van der Waals surface area contributed by atoms with Gasteiger partial charge in [0.15, 0.2) is 5.65 Å². The maximum absolute atomic E-state index is 13.6. The van der Waals surface area contributed by atoms with Gasteiger partial charge in [-0.2, -0.15) is 18.3 Å². The standard InChI is InChI=1S/C20H22F3N5/c1-13(2)15-9-18(20(21,22)23)28-19(25-15)10-16(26-28)17-6-4-8-27(17)12-14-5-3-7-24-11-14/h3,5,7,9-11,13,17H,4,6,8,12H2,1-2H3/t17-/m0/s1. The van der Waals surface area contributed by atoms with Crippen LogP contribution in [-0.4, -0.2) is 31.0 Å². The maximum Gasteiger partial charge on any atom is 0.433 e. The van der Waals surface area contributed by atoms with Gasteiger partial charge in [-0.25, -0.2) is 9.50 Å². The van der Waals surface area contributed by atoms with E-state index in [2.05, 4.69) is 20.0 Å². The fraction of sp³-hybridized carbons (Fsp3) is 0.450. The van der Waals surface area contributed by atoms with Gasteiger partial charge < -0.3 is 0 Å². The van der Waals surface area contributed by atoms with Gasteiger partial charge >= 0.3 is 6.18 Å². The van der Waals surface area contributed by atoms with Gasteiger partial charge in [-0.3, -0.25) is 9.88 Å². The number of hydrogen-bond donors (Lipinski definition) is 0. The van der Waals surface area contributed by atoms with E-state index >= 15 is 0 Å². The zero-order valence-corrected chi connectivity index (χ0v) is 15.8. The molecule has 0 N–H and O–H groups in total. The molecule has 0 spiro atoms. The van der Waals surface area contributed by atoms with Gasteiger partial charge in [0.25, 0.3) is 0 Å². The number of alkyl halides is 3. The van der Waals surface area contributed by atoms with Crippen molar-refractivity contribution in [2.24, 2.45) is 0 Å². The summed E-state index contributed by atoms with van der Waals surface area (Å²) >= 11 is 0. The van der Waals surface area contributed by atoms with Crippen LogP contribution in [0.1, 0.15) is 61.3 Å². The van der Waals surface area contributed by atoms with Gasteiger partial charge in [0.05, 0.1) is 11.7 Å². The molecule has 0 bridgehead atoms. The maximum atomic E-state index is 13.6. The van der Waals surface area contributed by atoms with Crippen molar-refractivity contribution in [3.8, 4) is 0 Å². The van der Waals surface area contributed by atoms with Gasteiger partial charge in [-0.15, -0.1) is 0 Å². The van der Waals surface area contributed by atoms with Crippen LogP contribution in [0, 0.1) is 0 Å². The highest BCUT2D eigenvalue weighted by molar-refractivity contribution is 5.44. The Morgan fingerprint density at radius 2 is 2.07 bits per heavy atom. The molecule has 0 saturated carbocycles. The van der Waals surface area contributed by atoms with Crippen molar-refractivity contribution in [2.45, 2.75) is 51.4 Å². The Morgan fingerprint density at radius 1 is 1.25 bits per heavy atom. The molecule has 4 rings (SSSR count). The first-order valence-electron chi connectivity index (χ1n) is 9.43. The number of halogens is 3. The zero-order valence-electron chi connectivity index (χ0n) is 15.8. The fourth-order valence-corrected chi connectivity index (χ4v) is 3.75. The summed E-state index contributed by atoms with van der Waals surface area (Å²) in [6.07, 6.45) is 0.901. The van der Waals surface area contributed by atoms with Crippen molar-refractivity contribution in [3.63, 3.8) is 0 Å². The first kappa shape index (κ1) is 18.9. The van der Waals surface area contributed by atoms with Crippen LogP contribution in [0.4, 0.5) is 13.2 Å². The second-order valence-electron chi connectivity index (χ2n) is 7.55. The van der Waals surface area contributed by atoms with E-state index in [9.17, 15) is 13.2 Å². The lowest BCUT2D eigenvalue weighted by Gasteiger charge is -2.22. The van der Waals surface area contributed by atoms with Crippen molar-refractivity contribution in [1.29, 1.82) is 0 Å². The largest absolute Gasteiger partial charge is 0.433 e. The van der Waals surface area contributed by atoms with Crippen LogP contribution in [0.3, 0.4) is 0 Å². The summed E-state index contributed by atoms with van der Waals surface area (Å²) in [6.45, 7) is 5.25. The number of hydrogen-bond acceptors (Lipinski definition) is 4. The van der Waals surface area contributed by atoms with Crippen molar-refractivity contribution < 1.29 is 13.2 Å². The third-order valence-corrected chi connectivity index (χ3v) is 5.16. The third kappa shape index (κ3) is 3.61. The van der Waals surface area contributed by atoms with Crippen molar-refractivity contribution in [1.82, 2.24) is 24.5 Å². The number of likely N-dealkylation sites (tertiary alicyclic amines) is 1. The van der Waals surface area contributed by atoms with E-state index in [1.807, 2.05) is 32.2 Å². The van der Waals surface area contributed by atoms with E-state index < -0.39 is 11.9 Å². The monoisotopic (exact) mass is 389 g/mol. The smallest absolute Gasteiger partial charge is 0.290 e. The first-order chi connectivity index (χ1) is 13.3. The second-order valence-corrected chi connectivity index (χ2v) is 7.55. The molecular formula is C20H22F3N5. The highest BCUT2D eigenvalue weighted by atomic mass is 19.4. The van der Waals surface area contributed by atoms with Gasteiger partial charge in [-0.05, 0) is 43.0 Å². The Balaban J connectivity index is 1.72. The molecule has 0 aliphatic carbocycles. The van der Waals surface area contributed by atoms with Crippen molar-refractivity contribution in [3.05, 3.63) is 59.3 Å². The highest BCUT2D eigenvalue weighted by Crippen LogP contribution is 2.35. The summed E-state index contributed by atoms with van der Waals surface area (Å²) in [4.78, 5) is 10.8. The van der Waals surface area contributed by atoms with Gasteiger partial charge in [-0.1, -0.05) is 19.9 Å². The average Bonchev–Trinajstić information content (AvgIpc) is 3.26. The molecule has 1 saturated heterocycles. The molecule has 3 aromatic heterocycles. The summed E-state index contributed by atoms with van der Waals surface area (Å²) in [5.41, 5.74) is 1.62. The molecule has 0 unspecified atom stereocenters. The van der Waals surface area contributed by atoms with E-state index in [-0.39, 0.29) is 17.6 Å². The first-order valence-corrected chi connectivity index (χ1v) is 9.43. The number of fused-ring (bicyclic) bond motifs is 1. The summed E-state index contributed by atoms with van der Waals surface area (Å²) < 4.78 is 41.8. The molecule has 1 aliphatic heterocycles.